The summed E-state index contributed by atoms with van der Waals surface area (Å²) in [6.07, 6.45) is 1.43. The highest BCUT2D eigenvalue weighted by Gasteiger charge is 2.18. The van der Waals surface area contributed by atoms with Crippen molar-refractivity contribution in [1.82, 2.24) is 4.31 Å². The van der Waals surface area contributed by atoms with Crippen molar-refractivity contribution < 1.29 is 17.6 Å². The van der Waals surface area contributed by atoms with Crippen LogP contribution in [-0.2, 0) is 10.0 Å². The van der Waals surface area contributed by atoms with Crippen LogP contribution in [0.1, 0.15) is 16.1 Å². The number of nitrogens with zero attached hydrogens (tertiary/aromatic N) is 1. The zero-order valence-electron chi connectivity index (χ0n) is 12.0. The molecule has 2 aromatic rings. The number of hydrogen-bond donors (Lipinski definition) is 1. The molecule has 0 atom stereocenters. The Balaban J connectivity index is 2.27. The molecule has 1 aromatic heterocycles. The number of hydrogen-bond acceptors (Lipinski definition) is 4. The number of nitrogens with one attached hydrogen (secondary N) is 1. The van der Waals surface area contributed by atoms with E-state index in [2.05, 4.69) is 5.32 Å². The number of amides is 1. The number of furan rings is 1. The molecular formula is C14H16N2O4S. The quantitative estimate of drug-likeness (QED) is 0.938. The van der Waals surface area contributed by atoms with Crippen molar-refractivity contribution in [2.75, 3.05) is 19.4 Å². The molecule has 0 radical (unpaired) electrons. The van der Waals surface area contributed by atoms with E-state index < -0.39 is 10.0 Å². The number of anilines is 1. The summed E-state index contributed by atoms with van der Waals surface area (Å²) in [7, 11) is -0.626. The fourth-order valence-corrected chi connectivity index (χ4v) is 2.71. The summed E-state index contributed by atoms with van der Waals surface area (Å²) in [6.45, 7) is 1.68. The Kier molecular flexibility index (Phi) is 4.15. The maximum absolute atomic E-state index is 12.1. The molecule has 1 heterocycles. The second-order valence-electron chi connectivity index (χ2n) is 4.66. The smallest absolute Gasteiger partial charge is 0.259 e. The lowest BCUT2D eigenvalue weighted by Crippen LogP contribution is -2.22. The third-order valence-corrected chi connectivity index (χ3v) is 4.79. The lowest BCUT2D eigenvalue weighted by atomic mass is 10.2. The van der Waals surface area contributed by atoms with Gasteiger partial charge in [0.2, 0.25) is 10.0 Å². The molecular weight excluding hydrogens is 292 g/mol. The molecule has 0 aliphatic heterocycles. The molecule has 0 aliphatic carbocycles. The van der Waals surface area contributed by atoms with Crippen LogP contribution in [0.25, 0.3) is 0 Å². The molecule has 1 amide bonds. The van der Waals surface area contributed by atoms with Gasteiger partial charge in [0.15, 0.2) is 0 Å². The van der Waals surface area contributed by atoms with Gasteiger partial charge in [-0.3, -0.25) is 4.79 Å². The van der Waals surface area contributed by atoms with Crippen LogP contribution in [0.15, 0.2) is 45.9 Å². The SMILES string of the molecule is Cc1occc1C(=O)Nc1cccc(S(=O)(=O)N(C)C)c1. The van der Waals surface area contributed by atoms with Gasteiger partial charge in [-0.25, -0.2) is 12.7 Å². The van der Waals surface area contributed by atoms with E-state index in [1.54, 1.807) is 25.1 Å². The van der Waals surface area contributed by atoms with Crippen molar-refractivity contribution in [3.05, 3.63) is 47.9 Å². The van der Waals surface area contributed by atoms with Crippen molar-refractivity contribution in [1.29, 1.82) is 0 Å². The van der Waals surface area contributed by atoms with Gasteiger partial charge in [0, 0.05) is 19.8 Å². The third kappa shape index (κ3) is 3.14. The average molecular weight is 308 g/mol. The Hall–Kier alpha value is -2.12. The van der Waals surface area contributed by atoms with E-state index in [0.29, 0.717) is 17.0 Å². The van der Waals surface area contributed by atoms with E-state index in [1.165, 1.54) is 32.5 Å². The molecule has 1 aromatic carbocycles. The van der Waals surface area contributed by atoms with Crippen molar-refractivity contribution in [3.8, 4) is 0 Å². The highest BCUT2D eigenvalue weighted by Crippen LogP contribution is 2.19. The molecule has 7 heteroatoms. The standard InChI is InChI=1S/C14H16N2O4S/c1-10-13(7-8-20-10)14(17)15-11-5-4-6-12(9-11)21(18,19)16(2)3/h4-9H,1-3H3,(H,15,17). The average Bonchev–Trinajstić information content (AvgIpc) is 2.85. The van der Waals surface area contributed by atoms with Crippen LogP contribution in [0.2, 0.25) is 0 Å². The van der Waals surface area contributed by atoms with Crippen LogP contribution in [0.5, 0.6) is 0 Å². The van der Waals surface area contributed by atoms with Crippen molar-refractivity contribution in [2.45, 2.75) is 11.8 Å². The van der Waals surface area contributed by atoms with Crippen LogP contribution < -0.4 is 5.32 Å². The molecule has 0 saturated heterocycles. The predicted molar refractivity (Wildman–Crippen MR) is 78.7 cm³/mol. The summed E-state index contributed by atoms with van der Waals surface area (Å²) in [6, 6.07) is 7.66. The maximum Gasteiger partial charge on any atom is 0.259 e. The van der Waals surface area contributed by atoms with E-state index in [-0.39, 0.29) is 10.8 Å². The van der Waals surface area contributed by atoms with Crippen LogP contribution in [-0.4, -0.2) is 32.7 Å². The van der Waals surface area contributed by atoms with Gasteiger partial charge in [-0.15, -0.1) is 0 Å². The Labute approximate surface area is 123 Å². The molecule has 0 bridgehead atoms. The summed E-state index contributed by atoms with van der Waals surface area (Å²) >= 11 is 0. The van der Waals surface area contributed by atoms with Gasteiger partial charge < -0.3 is 9.73 Å². The highest BCUT2D eigenvalue weighted by molar-refractivity contribution is 7.89. The first-order valence-corrected chi connectivity index (χ1v) is 7.64. The minimum Gasteiger partial charge on any atom is -0.469 e. The normalized spacial score (nSPS) is 11.6. The van der Waals surface area contributed by atoms with Gasteiger partial charge in [0.25, 0.3) is 5.91 Å². The number of sulfonamides is 1. The number of carbonyl (C=O) groups excluding carboxylic acids is 1. The van der Waals surface area contributed by atoms with Crippen molar-refractivity contribution in [3.63, 3.8) is 0 Å². The summed E-state index contributed by atoms with van der Waals surface area (Å²) in [5, 5.41) is 2.65. The fourth-order valence-electron chi connectivity index (χ4n) is 1.76. The second-order valence-corrected chi connectivity index (χ2v) is 6.81. The Morgan fingerprint density at radius 2 is 1.95 bits per heavy atom. The first kappa shape index (κ1) is 15.3. The zero-order valence-corrected chi connectivity index (χ0v) is 12.8. The minimum atomic E-state index is -3.53. The number of aryl methyl sites for hydroxylation is 1. The van der Waals surface area contributed by atoms with Gasteiger partial charge in [-0.1, -0.05) is 6.07 Å². The second kappa shape index (κ2) is 5.71. The first-order chi connectivity index (χ1) is 9.82. The molecule has 2 rings (SSSR count). The largest absolute Gasteiger partial charge is 0.469 e. The molecule has 21 heavy (non-hydrogen) atoms. The van der Waals surface area contributed by atoms with Gasteiger partial charge >= 0.3 is 0 Å². The van der Waals surface area contributed by atoms with Crippen LogP contribution in [0.3, 0.4) is 0 Å². The molecule has 0 aliphatic rings. The Bertz CT molecular complexity index is 763. The lowest BCUT2D eigenvalue weighted by molar-refractivity contribution is 0.102. The highest BCUT2D eigenvalue weighted by atomic mass is 32.2. The maximum atomic E-state index is 12.1. The van der Waals surface area contributed by atoms with Gasteiger partial charge in [-0.2, -0.15) is 0 Å². The van der Waals surface area contributed by atoms with Gasteiger partial charge in [0.05, 0.1) is 16.7 Å². The van der Waals surface area contributed by atoms with E-state index in [4.69, 9.17) is 4.42 Å². The van der Waals surface area contributed by atoms with Gasteiger partial charge in [-0.05, 0) is 31.2 Å². The third-order valence-electron chi connectivity index (χ3n) is 2.97. The molecule has 112 valence electrons. The molecule has 0 spiro atoms. The van der Waals surface area contributed by atoms with Crippen LogP contribution in [0.4, 0.5) is 5.69 Å². The number of rotatable bonds is 4. The lowest BCUT2D eigenvalue weighted by Gasteiger charge is -2.12. The summed E-state index contributed by atoms with van der Waals surface area (Å²) < 4.78 is 30.3. The Morgan fingerprint density at radius 1 is 1.24 bits per heavy atom. The zero-order chi connectivity index (χ0) is 15.6. The van der Waals surface area contributed by atoms with Crippen LogP contribution in [0, 0.1) is 6.92 Å². The molecule has 0 unspecified atom stereocenters. The summed E-state index contributed by atoms with van der Waals surface area (Å²) in [5.74, 6) is 0.158. The van der Waals surface area contributed by atoms with Crippen LogP contribution >= 0.6 is 0 Å². The predicted octanol–water partition coefficient (Wildman–Crippen LogP) is 2.09. The topological polar surface area (TPSA) is 79.6 Å². The van der Waals surface area contributed by atoms with Gasteiger partial charge in [0.1, 0.15) is 5.76 Å². The minimum absolute atomic E-state index is 0.120. The fraction of sp³-hybridized carbons (Fsp3) is 0.214. The van der Waals surface area contributed by atoms with Crippen molar-refractivity contribution in [2.24, 2.45) is 0 Å². The molecule has 0 saturated carbocycles. The first-order valence-electron chi connectivity index (χ1n) is 6.20. The number of carbonyl (C=O) groups is 1. The Morgan fingerprint density at radius 3 is 2.52 bits per heavy atom. The van der Waals surface area contributed by atoms with E-state index in [9.17, 15) is 13.2 Å². The molecule has 0 fully saturated rings. The molecule has 1 N–H and O–H groups in total. The summed E-state index contributed by atoms with van der Waals surface area (Å²) in [4.78, 5) is 12.2. The van der Waals surface area contributed by atoms with E-state index in [0.717, 1.165) is 4.31 Å². The number of benzene rings is 1. The van der Waals surface area contributed by atoms with Crippen molar-refractivity contribution >= 4 is 21.6 Å². The van der Waals surface area contributed by atoms with E-state index in [1.807, 2.05) is 0 Å². The monoisotopic (exact) mass is 308 g/mol. The van der Waals surface area contributed by atoms with E-state index >= 15 is 0 Å². The molecule has 6 nitrogen and oxygen atoms in total. The summed E-state index contributed by atoms with van der Waals surface area (Å²) in [5.41, 5.74) is 0.819.